The average Bonchev–Trinajstić information content (AvgIpc) is 3.00. The van der Waals surface area contributed by atoms with Crippen LogP contribution in [0.1, 0.15) is 16.7 Å². The van der Waals surface area contributed by atoms with Crippen molar-refractivity contribution in [3.05, 3.63) is 65.0 Å². The standard InChI is InChI=1S/C20H22FNO4S2/c1-14-10-17(6-7-18(14)21)28(25,26)20-13-27(23,24)12-19(20)22-9-8-15-4-2-3-5-16(15)11-22/h2-7,10,19-20H,8-9,11-13H2,1H3/t19-,20-/m0/s1. The molecule has 2 aromatic carbocycles. The van der Waals surface area contributed by atoms with Gasteiger partial charge in [-0.2, -0.15) is 0 Å². The van der Waals surface area contributed by atoms with Gasteiger partial charge >= 0.3 is 0 Å². The molecule has 1 fully saturated rings. The van der Waals surface area contributed by atoms with Crippen molar-refractivity contribution in [3.63, 3.8) is 0 Å². The van der Waals surface area contributed by atoms with E-state index in [1.54, 1.807) is 0 Å². The van der Waals surface area contributed by atoms with Gasteiger partial charge < -0.3 is 0 Å². The molecule has 4 rings (SSSR count). The summed E-state index contributed by atoms with van der Waals surface area (Å²) in [5.41, 5.74) is 2.55. The lowest BCUT2D eigenvalue weighted by Gasteiger charge is -2.35. The van der Waals surface area contributed by atoms with Crippen molar-refractivity contribution in [3.8, 4) is 0 Å². The fourth-order valence-electron chi connectivity index (χ4n) is 4.20. The van der Waals surface area contributed by atoms with E-state index in [2.05, 4.69) is 0 Å². The second-order valence-electron chi connectivity index (χ2n) is 7.63. The van der Waals surface area contributed by atoms with Crippen molar-refractivity contribution in [2.75, 3.05) is 18.1 Å². The summed E-state index contributed by atoms with van der Waals surface area (Å²) in [6.45, 7) is 2.65. The molecule has 8 heteroatoms. The van der Waals surface area contributed by atoms with Gasteiger partial charge in [0.25, 0.3) is 0 Å². The minimum atomic E-state index is -3.91. The first-order valence-corrected chi connectivity index (χ1v) is 12.6. The Hall–Kier alpha value is -1.77. The van der Waals surface area contributed by atoms with Gasteiger partial charge in [-0.15, -0.1) is 0 Å². The number of hydrogen-bond acceptors (Lipinski definition) is 5. The Labute approximate surface area is 165 Å². The van der Waals surface area contributed by atoms with Crippen LogP contribution in [0, 0.1) is 12.7 Å². The fraction of sp³-hybridized carbons (Fsp3) is 0.400. The van der Waals surface area contributed by atoms with E-state index >= 15 is 0 Å². The number of nitrogens with zero attached hydrogens (tertiary/aromatic N) is 1. The number of hydrogen-bond donors (Lipinski definition) is 0. The van der Waals surface area contributed by atoms with E-state index in [1.165, 1.54) is 24.6 Å². The summed E-state index contributed by atoms with van der Waals surface area (Å²) >= 11 is 0. The van der Waals surface area contributed by atoms with Gasteiger partial charge in [0, 0.05) is 19.1 Å². The fourth-order valence-corrected chi connectivity index (χ4v) is 9.12. The van der Waals surface area contributed by atoms with Crippen molar-refractivity contribution in [2.45, 2.75) is 36.1 Å². The Morgan fingerprint density at radius 3 is 2.50 bits per heavy atom. The molecule has 1 saturated heterocycles. The second kappa shape index (κ2) is 6.93. The van der Waals surface area contributed by atoms with Gasteiger partial charge in [-0.1, -0.05) is 24.3 Å². The molecule has 0 unspecified atom stereocenters. The van der Waals surface area contributed by atoms with Crippen molar-refractivity contribution in [2.24, 2.45) is 0 Å². The zero-order valence-electron chi connectivity index (χ0n) is 15.5. The van der Waals surface area contributed by atoms with Crippen LogP contribution in [0.15, 0.2) is 47.4 Å². The van der Waals surface area contributed by atoms with Crippen LogP contribution in [0.25, 0.3) is 0 Å². The summed E-state index contributed by atoms with van der Waals surface area (Å²) in [5, 5.41) is -1.05. The first kappa shape index (κ1) is 19.5. The maximum absolute atomic E-state index is 13.6. The molecule has 0 aliphatic carbocycles. The Bertz CT molecular complexity index is 1130. The van der Waals surface area contributed by atoms with E-state index in [9.17, 15) is 21.2 Å². The number of halogens is 1. The lowest BCUT2D eigenvalue weighted by molar-refractivity contribution is 0.195. The molecule has 0 spiro atoms. The minimum absolute atomic E-state index is 0.0177. The predicted molar refractivity (Wildman–Crippen MR) is 105 cm³/mol. The first-order valence-electron chi connectivity index (χ1n) is 9.19. The number of fused-ring (bicyclic) bond motifs is 1. The van der Waals surface area contributed by atoms with Gasteiger partial charge in [-0.25, -0.2) is 21.2 Å². The van der Waals surface area contributed by atoms with Gasteiger partial charge in [0.2, 0.25) is 0 Å². The molecule has 0 N–H and O–H groups in total. The largest absolute Gasteiger partial charge is 0.293 e. The SMILES string of the molecule is Cc1cc(S(=O)(=O)[C@H]2CS(=O)(=O)C[C@@H]2N2CCc3ccccc3C2)ccc1F. The Morgan fingerprint density at radius 1 is 1.07 bits per heavy atom. The van der Waals surface area contributed by atoms with Gasteiger partial charge in [0.1, 0.15) is 5.82 Å². The third-order valence-electron chi connectivity index (χ3n) is 5.76. The molecule has 5 nitrogen and oxygen atoms in total. The van der Waals surface area contributed by atoms with E-state index in [-0.39, 0.29) is 16.2 Å². The summed E-state index contributed by atoms with van der Waals surface area (Å²) < 4.78 is 64.9. The number of aryl methyl sites for hydroxylation is 1. The van der Waals surface area contributed by atoms with Crippen molar-refractivity contribution < 1.29 is 21.2 Å². The van der Waals surface area contributed by atoms with Crippen molar-refractivity contribution >= 4 is 19.7 Å². The third kappa shape index (κ3) is 3.49. The van der Waals surface area contributed by atoms with Crippen LogP contribution >= 0.6 is 0 Å². The van der Waals surface area contributed by atoms with Crippen LogP contribution in [-0.2, 0) is 32.6 Å². The Balaban J connectivity index is 1.70. The molecule has 0 saturated carbocycles. The van der Waals surface area contributed by atoms with E-state index < -0.39 is 42.5 Å². The van der Waals surface area contributed by atoms with Crippen molar-refractivity contribution in [1.29, 1.82) is 0 Å². The molecular weight excluding hydrogens is 401 g/mol. The quantitative estimate of drug-likeness (QED) is 0.708. The Morgan fingerprint density at radius 2 is 1.79 bits per heavy atom. The van der Waals surface area contributed by atoms with E-state index in [4.69, 9.17) is 0 Å². The highest BCUT2D eigenvalue weighted by molar-refractivity contribution is 7.96. The summed E-state index contributed by atoms with van der Waals surface area (Å²) in [4.78, 5) is 1.96. The number of rotatable bonds is 3. The predicted octanol–water partition coefficient (Wildman–Crippen LogP) is 2.13. The molecule has 0 aromatic heterocycles. The zero-order valence-corrected chi connectivity index (χ0v) is 17.1. The molecule has 28 heavy (non-hydrogen) atoms. The van der Waals surface area contributed by atoms with Crippen LogP contribution < -0.4 is 0 Å². The van der Waals surface area contributed by atoms with Crippen LogP contribution in [-0.4, -0.2) is 51.1 Å². The Kier molecular flexibility index (Phi) is 4.84. The molecule has 0 amide bonds. The lowest BCUT2D eigenvalue weighted by atomic mass is 9.98. The maximum Gasteiger partial charge on any atom is 0.183 e. The monoisotopic (exact) mass is 423 g/mol. The van der Waals surface area contributed by atoms with Crippen LogP contribution in [0.2, 0.25) is 0 Å². The normalized spacial score (nSPS) is 24.8. The van der Waals surface area contributed by atoms with Crippen molar-refractivity contribution in [1.82, 2.24) is 4.90 Å². The summed E-state index contributed by atoms with van der Waals surface area (Å²) in [7, 11) is -7.39. The molecule has 2 aliphatic heterocycles. The van der Waals surface area contributed by atoms with Crippen LogP contribution in [0.3, 0.4) is 0 Å². The zero-order chi connectivity index (χ0) is 20.1. The van der Waals surface area contributed by atoms with Gasteiger partial charge in [0.15, 0.2) is 19.7 Å². The van der Waals surface area contributed by atoms with Crippen LogP contribution in [0.5, 0.6) is 0 Å². The summed E-state index contributed by atoms with van der Waals surface area (Å²) in [6, 6.07) is 11.0. The van der Waals surface area contributed by atoms with Gasteiger partial charge in [-0.3, -0.25) is 4.90 Å². The molecule has 2 atom stereocenters. The van der Waals surface area contributed by atoms with E-state index in [0.717, 1.165) is 18.1 Å². The summed E-state index contributed by atoms with van der Waals surface area (Å²) in [6.07, 6.45) is 0.759. The molecular formula is C20H22FNO4S2. The van der Waals surface area contributed by atoms with E-state index in [0.29, 0.717) is 13.1 Å². The van der Waals surface area contributed by atoms with Crippen LogP contribution in [0.4, 0.5) is 4.39 Å². The first-order chi connectivity index (χ1) is 13.2. The highest BCUT2D eigenvalue weighted by Crippen LogP contribution is 2.32. The molecule has 2 aliphatic rings. The smallest absolute Gasteiger partial charge is 0.183 e. The topological polar surface area (TPSA) is 71.5 Å². The average molecular weight is 424 g/mol. The highest BCUT2D eigenvalue weighted by Gasteiger charge is 2.48. The summed E-state index contributed by atoms with van der Waals surface area (Å²) in [5.74, 6) is -1.05. The molecule has 0 bridgehead atoms. The van der Waals surface area contributed by atoms with Gasteiger partial charge in [0.05, 0.1) is 21.7 Å². The number of sulfone groups is 2. The maximum atomic E-state index is 13.6. The second-order valence-corrected chi connectivity index (χ2v) is 11.9. The minimum Gasteiger partial charge on any atom is -0.293 e. The third-order valence-corrected chi connectivity index (χ3v) is 9.87. The highest BCUT2D eigenvalue weighted by atomic mass is 32.2. The molecule has 2 aromatic rings. The van der Waals surface area contributed by atoms with E-state index in [1.807, 2.05) is 29.2 Å². The molecule has 150 valence electrons. The number of benzene rings is 2. The molecule has 2 heterocycles. The molecule has 0 radical (unpaired) electrons. The van der Waals surface area contributed by atoms with Gasteiger partial charge in [-0.05, 0) is 48.2 Å². The lowest BCUT2D eigenvalue weighted by Crippen LogP contribution is -2.48.